The van der Waals surface area contributed by atoms with Crippen LogP contribution in [0.1, 0.15) is 43.0 Å². The van der Waals surface area contributed by atoms with Crippen molar-refractivity contribution in [3.05, 3.63) is 45.9 Å². The van der Waals surface area contributed by atoms with E-state index in [2.05, 4.69) is 20.6 Å². The Labute approximate surface area is 176 Å². The number of aromatic nitrogens is 6. The summed E-state index contributed by atoms with van der Waals surface area (Å²) in [5, 5.41) is 17.1. The van der Waals surface area contributed by atoms with E-state index in [4.69, 9.17) is 17.2 Å². The van der Waals surface area contributed by atoms with Crippen molar-refractivity contribution in [3.63, 3.8) is 0 Å². The second-order valence-electron chi connectivity index (χ2n) is 6.82. The second kappa shape index (κ2) is 7.88. The van der Waals surface area contributed by atoms with E-state index in [0.717, 1.165) is 16.0 Å². The third kappa shape index (κ3) is 3.60. The topological polar surface area (TPSA) is 93.4 Å². The highest BCUT2D eigenvalue weighted by molar-refractivity contribution is 7.71. The van der Waals surface area contributed by atoms with Crippen molar-refractivity contribution in [1.29, 1.82) is 0 Å². The van der Waals surface area contributed by atoms with Crippen molar-refractivity contribution in [2.24, 2.45) is 0 Å². The predicted molar refractivity (Wildman–Crippen MR) is 115 cm³/mol. The summed E-state index contributed by atoms with van der Waals surface area (Å²) >= 11 is 6.80. The number of thiophene rings is 1. The van der Waals surface area contributed by atoms with E-state index in [9.17, 15) is 4.79 Å². The van der Waals surface area contributed by atoms with Crippen molar-refractivity contribution in [2.45, 2.75) is 39.9 Å². The molecule has 0 saturated heterocycles. The molecule has 4 aromatic rings. The lowest BCUT2D eigenvalue weighted by atomic mass is 10.1. The van der Waals surface area contributed by atoms with Crippen LogP contribution < -0.4 is 5.32 Å². The summed E-state index contributed by atoms with van der Waals surface area (Å²) in [4.78, 5) is 18.9. The van der Waals surface area contributed by atoms with E-state index in [1.165, 1.54) is 0 Å². The van der Waals surface area contributed by atoms with Crippen molar-refractivity contribution in [3.8, 4) is 10.6 Å². The Morgan fingerprint density at radius 2 is 2.24 bits per heavy atom. The maximum atomic E-state index is 13.1. The van der Waals surface area contributed by atoms with Crippen LogP contribution in [0.5, 0.6) is 0 Å². The molecular formula is C19H21N7OS2. The van der Waals surface area contributed by atoms with Crippen LogP contribution in [0.25, 0.3) is 21.6 Å². The molecule has 0 aliphatic carbocycles. The number of hydrogen-bond donors (Lipinski definition) is 2. The average Bonchev–Trinajstić information content (AvgIpc) is 3.44. The smallest absolute Gasteiger partial charge is 0.252 e. The standard InChI is InChI=1S/C19H21N7OS2/c1-4-25-16(23-24-19(25)28)10-20-18(27)12-8-14(15-6-5-7-29-15)22-17-13(12)9-21-26(17)11(2)3/h5-9,11H,4,10H2,1-3H3,(H,20,27)(H,24,28). The van der Waals surface area contributed by atoms with Gasteiger partial charge in [0, 0.05) is 12.6 Å². The molecule has 4 rings (SSSR count). The molecule has 0 aliphatic heterocycles. The van der Waals surface area contributed by atoms with Crippen molar-refractivity contribution in [1.82, 2.24) is 34.8 Å². The number of nitrogens with zero attached hydrogens (tertiary/aromatic N) is 5. The quantitative estimate of drug-likeness (QED) is 0.455. The lowest BCUT2D eigenvalue weighted by Crippen LogP contribution is -2.25. The van der Waals surface area contributed by atoms with Gasteiger partial charge in [-0.1, -0.05) is 6.07 Å². The SMILES string of the molecule is CCn1c(CNC(=O)c2cc(-c3cccs3)nc3c2cnn3C(C)C)n[nH]c1=S. The highest BCUT2D eigenvalue weighted by Gasteiger charge is 2.19. The van der Waals surface area contributed by atoms with E-state index in [1.54, 1.807) is 17.5 Å². The monoisotopic (exact) mass is 427 g/mol. The van der Waals surface area contributed by atoms with Crippen LogP contribution in [-0.4, -0.2) is 35.4 Å². The number of fused-ring (bicyclic) bond motifs is 1. The molecule has 150 valence electrons. The Morgan fingerprint density at radius 1 is 1.41 bits per heavy atom. The molecule has 4 aromatic heterocycles. The fourth-order valence-corrected chi connectivity index (χ4v) is 4.17. The van der Waals surface area contributed by atoms with Gasteiger partial charge in [-0.3, -0.25) is 9.89 Å². The van der Waals surface area contributed by atoms with Gasteiger partial charge >= 0.3 is 0 Å². The van der Waals surface area contributed by atoms with Gasteiger partial charge in [0.2, 0.25) is 0 Å². The molecule has 10 heteroatoms. The van der Waals surface area contributed by atoms with Crippen LogP contribution in [0.15, 0.2) is 29.8 Å². The summed E-state index contributed by atoms with van der Waals surface area (Å²) in [6.45, 7) is 7.02. The summed E-state index contributed by atoms with van der Waals surface area (Å²) in [7, 11) is 0. The zero-order valence-electron chi connectivity index (χ0n) is 16.3. The van der Waals surface area contributed by atoms with E-state index in [-0.39, 0.29) is 18.5 Å². The molecule has 0 fully saturated rings. The minimum absolute atomic E-state index is 0.132. The van der Waals surface area contributed by atoms with E-state index in [0.29, 0.717) is 28.4 Å². The highest BCUT2D eigenvalue weighted by atomic mass is 32.1. The highest BCUT2D eigenvalue weighted by Crippen LogP contribution is 2.28. The number of rotatable bonds is 6. The van der Waals surface area contributed by atoms with Crippen LogP contribution in [0.3, 0.4) is 0 Å². The normalized spacial score (nSPS) is 11.4. The number of carbonyl (C=O) groups is 1. The predicted octanol–water partition coefficient (Wildman–Crippen LogP) is 3.94. The van der Waals surface area contributed by atoms with Gasteiger partial charge in [0.15, 0.2) is 16.2 Å². The van der Waals surface area contributed by atoms with E-state index in [1.807, 2.05) is 53.6 Å². The van der Waals surface area contributed by atoms with Crippen LogP contribution in [0.2, 0.25) is 0 Å². The van der Waals surface area contributed by atoms with Gasteiger partial charge in [-0.05, 0) is 50.5 Å². The number of carbonyl (C=O) groups excluding carboxylic acids is 1. The summed E-state index contributed by atoms with van der Waals surface area (Å²) < 4.78 is 4.23. The molecule has 0 bridgehead atoms. The lowest BCUT2D eigenvalue weighted by Gasteiger charge is -2.10. The summed E-state index contributed by atoms with van der Waals surface area (Å²) in [5.41, 5.74) is 2.01. The lowest BCUT2D eigenvalue weighted by molar-refractivity contribution is 0.0951. The van der Waals surface area contributed by atoms with Gasteiger partial charge in [0.1, 0.15) is 0 Å². The third-order valence-corrected chi connectivity index (χ3v) is 5.84. The summed E-state index contributed by atoms with van der Waals surface area (Å²) in [6, 6.07) is 5.92. The first-order chi connectivity index (χ1) is 14.0. The number of amides is 1. The largest absolute Gasteiger partial charge is 0.345 e. The molecule has 8 nitrogen and oxygen atoms in total. The molecule has 0 atom stereocenters. The molecule has 0 aromatic carbocycles. The fourth-order valence-electron chi connectivity index (χ4n) is 3.20. The molecular weight excluding hydrogens is 406 g/mol. The first-order valence-corrected chi connectivity index (χ1v) is 10.6. The number of hydrogen-bond acceptors (Lipinski definition) is 6. The Hall–Kier alpha value is -2.85. The zero-order chi connectivity index (χ0) is 20.5. The number of pyridine rings is 1. The van der Waals surface area contributed by atoms with Crippen LogP contribution >= 0.6 is 23.6 Å². The van der Waals surface area contributed by atoms with Crippen molar-refractivity contribution in [2.75, 3.05) is 0 Å². The van der Waals surface area contributed by atoms with Crippen LogP contribution in [0.4, 0.5) is 0 Å². The minimum Gasteiger partial charge on any atom is -0.345 e. The van der Waals surface area contributed by atoms with Gasteiger partial charge in [-0.2, -0.15) is 10.2 Å². The second-order valence-corrected chi connectivity index (χ2v) is 8.16. The van der Waals surface area contributed by atoms with Gasteiger partial charge in [-0.25, -0.2) is 9.67 Å². The number of H-pyrrole nitrogens is 1. The first kappa shape index (κ1) is 19.5. The van der Waals surface area contributed by atoms with Gasteiger partial charge in [-0.15, -0.1) is 11.3 Å². The van der Waals surface area contributed by atoms with Crippen LogP contribution in [0, 0.1) is 4.77 Å². The molecule has 1 amide bonds. The van der Waals surface area contributed by atoms with Gasteiger partial charge < -0.3 is 9.88 Å². The van der Waals surface area contributed by atoms with Crippen molar-refractivity contribution >= 4 is 40.5 Å². The maximum absolute atomic E-state index is 13.1. The first-order valence-electron chi connectivity index (χ1n) is 9.34. The van der Waals surface area contributed by atoms with Crippen LogP contribution in [-0.2, 0) is 13.1 Å². The third-order valence-electron chi connectivity index (χ3n) is 4.63. The number of aromatic amines is 1. The molecule has 0 aliphatic rings. The van der Waals surface area contributed by atoms with Crippen molar-refractivity contribution < 1.29 is 4.79 Å². The fraction of sp³-hybridized carbons (Fsp3) is 0.316. The average molecular weight is 428 g/mol. The molecule has 2 N–H and O–H groups in total. The summed E-state index contributed by atoms with van der Waals surface area (Å²) in [6.07, 6.45) is 1.71. The zero-order valence-corrected chi connectivity index (χ0v) is 18.0. The Kier molecular flexibility index (Phi) is 5.29. The van der Waals surface area contributed by atoms with Gasteiger partial charge in [0.05, 0.1) is 34.3 Å². The molecule has 0 unspecified atom stereocenters. The Bertz CT molecular complexity index is 1220. The van der Waals surface area contributed by atoms with E-state index < -0.39 is 0 Å². The number of nitrogens with one attached hydrogen (secondary N) is 2. The maximum Gasteiger partial charge on any atom is 0.252 e. The molecule has 0 spiro atoms. The molecule has 0 radical (unpaired) electrons. The van der Waals surface area contributed by atoms with E-state index >= 15 is 0 Å². The Balaban J connectivity index is 1.73. The molecule has 0 saturated carbocycles. The minimum atomic E-state index is -0.199. The van der Waals surface area contributed by atoms with Gasteiger partial charge in [0.25, 0.3) is 5.91 Å². The summed E-state index contributed by atoms with van der Waals surface area (Å²) in [5.74, 6) is 0.489. The Morgan fingerprint density at radius 3 is 2.93 bits per heavy atom. The molecule has 29 heavy (non-hydrogen) atoms. The molecule has 4 heterocycles.